The molecule has 0 aromatic carbocycles. The van der Waals surface area contributed by atoms with Crippen molar-refractivity contribution in [2.45, 2.75) is 25.0 Å². The second-order valence-electron chi connectivity index (χ2n) is 2.48. The van der Waals surface area contributed by atoms with Gasteiger partial charge < -0.3 is 15.6 Å². The predicted molar refractivity (Wildman–Crippen MR) is 41.3 cm³/mol. The van der Waals surface area contributed by atoms with E-state index in [2.05, 4.69) is 0 Å². The van der Waals surface area contributed by atoms with E-state index in [1.54, 1.807) is 0 Å². The van der Waals surface area contributed by atoms with Crippen LogP contribution < -0.4 is 5.73 Å². The molecule has 4 heteroatoms. The van der Waals surface area contributed by atoms with Gasteiger partial charge in [0.15, 0.2) is 0 Å². The highest BCUT2D eigenvalue weighted by Gasteiger charge is 2.17. The van der Waals surface area contributed by atoms with Gasteiger partial charge in [0.1, 0.15) is 0 Å². The molecule has 1 aliphatic rings. The molecule has 0 amide bonds. The molecule has 0 aromatic heterocycles. The molecule has 0 aliphatic carbocycles. The molecule has 0 aromatic rings. The minimum absolute atomic E-state index is 0. The van der Waals surface area contributed by atoms with Gasteiger partial charge in [-0.25, -0.2) is 0 Å². The van der Waals surface area contributed by atoms with Gasteiger partial charge in [-0.2, -0.15) is 0 Å². The van der Waals surface area contributed by atoms with E-state index >= 15 is 0 Å². The van der Waals surface area contributed by atoms with Crippen molar-refractivity contribution in [3.63, 3.8) is 0 Å². The van der Waals surface area contributed by atoms with Crippen LogP contribution in [0.4, 0.5) is 0 Å². The summed E-state index contributed by atoms with van der Waals surface area (Å²) in [7, 11) is 0. The lowest BCUT2D eigenvalue weighted by Gasteiger charge is -2.24. The smallest absolute Gasteiger partial charge is 0.0807 e. The first kappa shape index (κ1) is 10.2. The molecule has 1 fully saturated rings. The molecule has 1 aliphatic heterocycles. The van der Waals surface area contributed by atoms with Crippen LogP contribution in [0.15, 0.2) is 0 Å². The molecule has 0 saturated carbocycles. The third kappa shape index (κ3) is 2.84. The zero-order chi connectivity index (χ0) is 6.69. The first-order valence-electron chi connectivity index (χ1n) is 3.31. The molecular formula is C6H14ClNO2. The summed E-state index contributed by atoms with van der Waals surface area (Å²) in [6.45, 7) is 0.734. The fourth-order valence-corrected chi connectivity index (χ4v) is 0.970. The summed E-state index contributed by atoms with van der Waals surface area (Å²) >= 11 is 0. The fraction of sp³-hybridized carbons (Fsp3) is 1.00. The molecule has 3 nitrogen and oxygen atoms in total. The Morgan fingerprint density at radius 3 is 2.60 bits per heavy atom. The lowest BCUT2D eigenvalue weighted by molar-refractivity contribution is -0.0254. The SMILES string of the molecule is Cl.N[C@H]1CC[C@@H](CO)OC1. The van der Waals surface area contributed by atoms with Gasteiger partial charge in [-0.15, -0.1) is 12.4 Å². The van der Waals surface area contributed by atoms with Gasteiger partial charge in [-0.3, -0.25) is 0 Å². The molecule has 1 rings (SSSR count). The van der Waals surface area contributed by atoms with Gasteiger partial charge in [0.25, 0.3) is 0 Å². The monoisotopic (exact) mass is 167 g/mol. The summed E-state index contributed by atoms with van der Waals surface area (Å²) in [6, 6.07) is 0.188. The Labute approximate surface area is 67.0 Å². The summed E-state index contributed by atoms with van der Waals surface area (Å²) in [5, 5.41) is 8.61. The molecule has 62 valence electrons. The molecule has 2 atom stereocenters. The number of hydrogen-bond donors (Lipinski definition) is 2. The maximum Gasteiger partial charge on any atom is 0.0807 e. The van der Waals surface area contributed by atoms with E-state index in [9.17, 15) is 0 Å². The molecule has 3 N–H and O–H groups in total. The number of nitrogens with two attached hydrogens (primary N) is 1. The van der Waals surface area contributed by atoms with Crippen LogP contribution in [-0.4, -0.2) is 30.5 Å². The Kier molecular flexibility index (Phi) is 4.99. The van der Waals surface area contributed by atoms with Gasteiger partial charge in [0.05, 0.1) is 19.3 Å². The molecule has 0 radical (unpaired) electrons. The van der Waals surface area contributed by atoms with Crippen LogP contribution >= 0.6 is 12.4 Å². The molecule has 1 saturated heterocycles. The van der Waals surface area contributed by atoms with Crippen LogP contribution in [0.25, 0.3) is 0 Å². The quantitative estimate of drug-likeness (QED) is 0.574. The molecule has 0 unspecified atom stereocenters. The van der Waals surface area contributed by atoms with Crippen LogP contribution in [-0.2, 0) is 4.74 Å². The van der Waals surface area contributed by atoms with Gasteiger partial charge >= 0.3 is 0 Å². The van der Waals surface area contributed by atoms with E-state index in [0.717, 1.165) is 12.8 Å². The maximum atomic E-state index is 8.61. The molecule has 10 heavy (non-hydrogen) atoms. The Balaban J connectivity index is 0.000000810. The fourth-order valence-electron chi connectivity index (χ4n) is 0.970. The average molecular weight is 168 g/mol. The third-order valence-electron chi connectivity index (χ3n) is 1.61. The van der Waals surface area contributed by atoms with Crippen molar-refractivity contribution in [2.24, 2.45) is 5.73 Å². The summed E-state index contributed by atoms with van der Waals surface area (Å²) in [5.41, 5.74) is 5.55. The highest BCUT2D eigenvalue weighted by molar-refractivity contribution is 5.85. The van der Waals surface area contributed by atoms with Gasteiger partial charge in [-0.1, -0.05) is 0 Å². The van der Waals surface area contributed by atoms with Crippen molar-refractivity contribution in [1.29, 1.82) is 0 Å². The van der Waals surface area contributed by atoms with E-state index in [-0.39, 0.29) is 31.2 Å². The summed E-state index contributed by atoms with van der Waals surface area (Å²) in [6.07, 6.45) is 1.92. The van der Waals surface area contributed by atoms with Crippen LogP contribution in [0.5, 0.6) is 0 Å². The van der Waals surface area contributed by atoms with Gasteiger partial charge in [-0.05, 0) is 12.8 Å². The first-order chi connectivity index (χ1) is 4.33. The van der Waals surface area contributed by atoms with Crippen molar-refractivity contribution in [3.05, 3.63) is 0 Å². The summed E-state index contributed by atoms with van der Waals surface area (Å²) in [4.78, 5) is 0. The largest absolute Gasteiger partial charge is 0.394 e. The number of halogens is 1. The van der Waals surface area contributed by atoms with E-state index in [1.807, 2.05) is 0 Å². The Hall–Kier alpha value is 0.170. The normalized spacial score (nSPS) is 33.0. The average Bonchev–Trinajstić information content (AvgIpc) is 1.90. The maximum absolute atomic E-state index is 8.61. The Morgan fingerprint density at radius 2 is 2.20 bits per heavy atom. The summed E-state index contributed by atoms with van der Waals surface area (Å²) < 4.78 is 5.16. The van der Waals surface area contributed by atoms with Crippen LogP contribution in [0.3, 0.4) is 0 Å². The van der Waals surface area contributed by atoms with Crippen LogP contribution in [0.2, 0.25) is 0 Å². The van der Waals surface area contributed by atoms with E-state index in [1.165, 1.54) is 0 Å². The lowest BCUT2D eigenvalue weighted by atomic mass is 10.1. The van der Waals surface area contributed by atoms with Crippen molar-refractivity contribution in [3.8, 4) is 0 Å². The lowest BCUT2D eigenvalue weighted by Crippen LogP contribution is -2.36. The molecule has 1 heterocycles. The number of hydrogen-bond acceptors (Lipinski definition) is 3. The highest BCUT2D eigenvalue weighted by atomic mass is 35.5. The second-order valence-corrected chi connectivity index (χ2v) is 2.48. The van der Waals surface area contributed by atoms with Gasteiger partial charge in [0.2, 0.25) is 0 Å². The van der Waals surface area contributed by atoms with E-state index < -0.39 is 0 Å². The molecule has 0 spiro atoms. The minimum Gasteiger partial charge on any atom is -0.394 e. The van der Waals surface area contributed by atoms with Crippen molar-refractivity contribution in [1.82, 2.24) is 0 Å². The summed E-state index contributed by atoms with van der Waals surface area (Å²) in [5.74, 6) is 0. The van der Waals surface area contributed by atoms with Crippen molar-refractivity contribution in [2.75, 3.05) is 13.2 Å². The second kappa shape index (κ2) is 4.91. The Bertz CT molecular complexity index is 83.8. The predicted octanol–water partition coefficient (Wildman–Crippen LogP) is -0.0932. The zero-order valence-corrected chi connectivity index (χ0v) is 6.64. The highest BCUT2D eigenvalue weighted by Crippen LogP contribution is 2.10. The number of aliphatic hydroxyl groups is 1. The van der Waals surface area contributed by atoms with Crippen molar-refractivity contribution < 1.29 is 9.84 Å². The minimum atomic E-state index is 0. The number of rotatable bonds is 1. The molecule has 0 bridgehead atoms. The van der Waals surface area contributed by atoms with Crippen molar-refractivity contribution >= 4 is 12.4 Å². The Morgan fingerprint density at radius 1 is 1.50 bits per heavy atom. The van der Waals surface area contributed by atoms with Crippen LogP contribution in [0.1, 0.15) is 12.8 Å². The van der Waals surface area contributed by atoms with Gasteiger partial charge in [0, 0.05) is 6.04 Å². The zero-order valence-electron chi connectivity index (χ0n) is 5.82. The standard InChI is InChI=1S/C6H13NO2.ClH/c7-5-1-2-6(3-8)9-4-5;/h5-6,8H,1-4,7H2;1H/t5-,6-;/m0./s1. The van der Waals surface area contributed by atoms with E-state index in [0.29, 0.717) is 6.61 Å². The van der Waals surface area contributed by atoms with Crippen LogP contribution in [0, 0.1) is 0 Å². The third-order valence-corrected chi connectivity index (χ3v) is 1.61. The number of ether oxygens (including phenoxy) is 1. The number of aliphatic hydroxyl groups excluding tert-OH is 1. The van der Waals surface area contributed by atoms with E-state index in [4.69, 9.17) is 15.6 Å². The molecular weight excluding hydrogens is 154 g/mol. The first-order valence-corrected chi connectivity index (χ1v) is 3.31. The topological polar surface area (TPSA) is 55.5 Å².